The summed E-state index contributed by atoms with van der Waals surface area (Å²) in [5.41, 5.74) is 17.4. The molecule has 0 spiro atoms. The highest BCUT2D eigenvalue weighted by atomic mass is 32.2. The Hall–Kier alpha value is -4.21. The summed E-state index contributed by atoms with van der Waals surface area (Å²) in [6, 6.07) is 6.14. The Balaban J connectivity index is 1.53. The van der Waals surface area contributed by atoms with Crippen LogP contribution in [0.3, 0.4) is 0 Å². The van der Waals surface area contributed by atoms with Crippen LogP contribution in [-0.2, 0) is 18.7 Å². The summed E-state index contributed by atoms with van der Waals surface area (Å²) in [5.74, 6) is 4.93. The minimum atomic E-state index is -1.22. The number of nitrogens with zero attached hydrogens (tertiary/aromatic N) is 5. The lowest BCUT2D eigenvalue weighted by Gasteiger charge is -2.50. The van der Waals surface area contributed by atoms with E-state index in [-0.39, 0.29) is 36.2 Å². The predicted molar refractivity (Wildman–Crippen MR) is 165 cm³/mol. The van der Waals surface area contributed by atoms with Gasteiger partial charge in [0.2, 0.25) is 11.9 Å². The number of ether oxygens (including phenoxy) is 1. The van der Waals surface area contributed by atoms with E-state index >= 15 is 0 Å². The van der Waals surface area contributed by atoms with Crippen LogP contribution in [0.1, 0.15) is 13.8 Å². The zero-order valence-corrected chi connectivity index (χ0v) is 25.2. The molecule has 2 amide bonds. The van der Waals surface area contributed by atoms with Crippen molar-refractivity contribution >= 4 is 64.0 Å². The monoisotopic (exact) mass is 648 g/mol. The van der Waals surface area contributed by atoms with Crippen LogP contribution < -0.4 is 38.0 Å². The molecule has 1 fully saturated rings. The highest BCUT2D eigenvalue weighted by Gasteiger charge is 2.57. The molecule has 2 aliphatic rings. The first-order valence-corrected chi connectivity index (χ1v) is 14.6. The van der Waals surface area contributed by atoms with Crippen LogP contribution >= 0.6 is 24.1 Å². The SMILES string of the molecule is CC1(C)[C@H](NC(=O)/C(=N\OC(COc2ccc3c(NCCN)nccc3c2)/C(N=N)=N/N)C2=CSC(N)N2)C(=O)N1OSO. The average Bonchev–Trinajstić information content (AvgIpc) is 3.45. The maximum atomic E-state index is 13.4. The molecule has 0 aliphatic carbocycles. The third-order valence-electron chi connectivity index (χ3n) is 6.54. The Morgan fingerprint density at radius 2 is 2.18 bits per heavy atom. The molecule has 0 saturated carbocycles. The van der Waals surface area contributed by atoms with Crippen LogP contribution in [0.2, 0.25) is 0 Å². The van der Waals surface area contributed by atoms with Gasteiger partial charge in [0.15, 0.2) is 18.0 Å². The van der Waals surface area contributed by atoms with Crippen LogP contribution in [0.25, 0.3) is 10.8 Å². The number of anilines is 1. The number of β-lactam (4-membered cyclic amide) rings is 1. The molecule has 1 aromatic heterocycles. The van der Waals surface area contributed by atoms with Gasteiger partial charge in [0.1, 0.15) is 29.7 Å². The molecule has 3 atom stereocenters. The van der Waals surface area contributed by atoms with E-state index in [4.69, 9.17) is 41.3 Å². The molecular weight excluding hydrogens is 616 g/mol. The van der Waals surface area contributed by atoms with Crippen LogP contribution in [0, 0.1) is 5.53 Å². The zero-order chi connectivity index (χ0) is 31.9. The second-order valence-electron chi connectivity index (χ2n) is 9.78. The van der Waals surface area contributed by atoms with E-state index in [0.29, 0.717) is 24.7 Å². The van der Waals surface area contributed by atoms with Gasteiger partial charge in [-0.05, 0) is 43.5 Å². The third-order valence-corrected chi connectivity index (χ3v) is 7.54. The number of aromatic nitrogens is 1. The number of amides is 2. The molecule has 0 bridgehead atoms. The van der Waals surface area contributed by atoms with E-state index in [1.807, 2.05) is 12.1 Å². The van der Waals surface area contributed by atoms with Crippen molar-refractivity contribution in [2.24, 2.45) is 32.7 Å². The fourth-order valence-electron chi connectivity index (χ4n) is 4.26. The summed E-state index contributed by atoms with van der Waals surface area (Å²) in [5, 5.41) is 23.7. The number of thioether (sulfide) groups is 1. The molecule has 4 rings (SSSR count). The lowest BCUT2D eigenvalue weighted by atomic mass is 9.84. The number of oxime groups is 1. The van der Waals surface area contributed by atoms with E-state index < -0.39 is 35.0 Å². The number of pyridine rings is 1. The number of benzene rings is 1. The molecule has 11 N–H and O–H groups in total. The minimum absolute atomic E-state index is 0.00998. The average molecular weight is 649 g/mol. The van der Waals surface area contributed by atoms with Crippen molar-refractivity contribution in [3.63, 3.8) is 0 Å². The molecule has 236 valence electrons. The van der Waals surface area contributed by atoms with Gasteiger partial charge in [-0.2, -0.15) is 14.4 Å². The number of hydrogen-bond acceptors (Lipinski definition) is 17. The van der Waals surface area contributed by atoms with Crippen molar-refractivity contribution in [3.8, 4) is 5.75 Å². The van der Waals surface area contributed by atoms with Crippen LogP contribution in [0.4, 0.5) is 5.82 Å². The predicted octanol–water partition coefficient (Wildman–Crippen LogP) is 0.607. The highest BCUT2D eigenvalue weighted by molar-refractivity contribution is 8.02. The molecule has 18 nitrogen and oxygen atoms in total. The lowest BCUT2D eigenvalue weighted by Crippen LogP contribution is -2.76. The molecule has 3 heterocycles. The molecule has 2 unspecified atom stereocenters. The molecule has 0 radical (unpaired) electrons. The second-order valence-corrected chi connectivity index (χ2v) is 11.1. The summed E-state index contributed by atoms with van der Waals surface area (Å²) in [4.78, 5) is 35.9. The number of hydroxylamine groups is 2. The van der Waals surface area contributed by atoms with Crippen molar-refractivity contribution in [1.82, 2.24) is 20.7 Å². The smallest absolute Gasteiger partial charge is 0.276 e. The molecule has 44 heavy (non-hydrogen) atoms. The molecule has 1 saturated heterocycles. The van der Waals surface area contributed by atoms with Crippen molar-refractivity contribution in [3.05, 3.63) is 41.6 Å². The van der Waals surface area contributed by atoms with Crippen molar-refractivity contribution in [1.29, 1.82) is 5.53 Å². The van der Waals surface area contributed by atoms with Gasteiger partial charge < -0.3 is 47.4 Å². The van der Waals surface area contributed by atoms with Crippen molar-refractivity contribution in [2.75, 3.05) is 25.0 Å². The Kier molecular flexibility index (Phi) is 10.8. The number of carbonyl (C=O) groups excluding carboxylic acids is 2. The van der Waals surface area contributed by atoms with Gasteiger partial charge in [0.25, 0.3) is 11.8 Å². The number of fused-ring (bicyclic) bond motifs is 1. The standard InChI is InChI=1S/C24H32N12O6S2/c1-24(2)18(22(38)36(24)42-44-39)32-21(37)17(15-11-43-23(26)31-15)35-41-16(20(33-27)34-28)10-40-13-3-4-14-12(9-13)5-7-29-19(14)30-8-6-25/h3-5,7,9,11,16,18,23,27,31,39H,6,8,10,25-26,28H2,1-2H3,(H,29,30)(H,32,37)/b33-27?,34-20-,35-17-/t16?,18-,23?/m1/s1. The quantitative estimate of drug-likeness (QED) is 0.0265. The van der Waals surface area contributed by atoms with E-state index in [1.165, 1.54) is 11.8 Å². The Labute approximate surface area is 260 Å². The summed E-state index contributed by atoms with van der Waals surface area (Å²) < 4.78 is 19.7. The Bertz CT molecular complexity index is 1490. The lowest BCUT2D eigenvalue weighted by molar-refractivity contribution is -0.214. The first-order chi connectivity index (χ1) is 21.1. The normalized spacial score (nSPS) is 20.3. The van der Waals surface area contributed by atoms with Gasteiger partial charge in [-0.15, -0.1) is 5.11 Å². The van der Waals surface area contributed by atoms with E-state index in [1.54, 1.807) is 37.6 Å². The Morgan fingerprint density at radius 1 is 1.39 bits per heavy atom. The van der Waals surface area contributed by atoms with Crippen molar-refractivity contribution < 1.29 is 28.0 Å². The van der Waals surface area contributed by atoms with Gasteiger partial charge in [-0.1, -0.05) is 16.9 Å². The number of hydrazone groups is 1. The fraction of sp³-hybridized carbons (Fsp3) is 0.375. The summed E-state index contributed by atoms with van der Waals surface area (Å²) >= 11 is 1.20. The molecule has 2 aromatic rings. The maximum Gasteiger partial charge on any atom is 0.276 e. The number of rotatable bonds is 14. The van der Waals surface area contributed by atoms with E-state index in [0.717, 1.165) is 15.8 Å². The molecule has 2 aliphatic heterocycles. The first kappa shape index (κ1) is 32.7. The summed E-state index contributed by atoms with van der Waals surface area (Å²) in [6.45, 7) is 4.03. The number of hydrogen-bond donors (Lipinski definition) is 8. The third kappa shape index (κ3) is 7.11. The topological polar surface area (TPSA) is 273 Å². The van der Waals surface area contributed by atoms with E-state index in [2.05, 4.69) is 36.3 Å². The Morgan fingerprint density at radius 3 is 2.82 bits per heavy atom. The molecular formula is C24H32N12O6S2. The second kappa shape index (κ2) is 14.5. The number of nitrogens with one attached hydrogen (secondary N) is 4. The van der Waals surface area contributed by atoms with Gasteiger partial charge in [0.05, 0.1) is 11.2 Å². The van der Waals surface area contributed by atoms with Crippen LogP contribution in [0.5, 0.6) is 5.75 Å². The van der Waals surface area contributed by atoms with Gasteiger partial charge in [-0.3, -0.25) is 9.59 Å². The maximum absolute atomic E-state index is 13.4. The fourth-order valence-corrected chi connectivity index (χ4v) is 5.25. The van der Waals surface area contributed by atoms with Gasteiger partial charge in [0, 0.05) is 30.1 Å². The highest BCUT2D eigenvalue weighted by Crippen LogP contribution is 2.34. The number of carbonyl (C=O) groups is 2. The number of nitrogens with two attached hydrogens (primary N) is 3. The summed E-state index contributed by atoms with van der Waals surface area (Å²) in [6.07, 6.45) is 0.437. The minimum Gasteiger partial charge on any atom is -0.489 e. The van der Waals surface area contributed by atoms with Crippen molar-refractivity contribution in [2.45, 2.75) is 37.0 Å². The first-order valence-electron chi connectivity index (χ1n) is 13.0. The van der Waals surface area contributed by atoms with Crippen LogP contribution in [0.15, 0.2) is 56.9 Å². The van der Waals surface area contributed by atoms with Gasteiger partial charge in [-0.25, -0.2) is 10.5 Å². The molecule has 20 heteroatoms. The molecule has 1 aromatic carbocycles. The van der Waals surface area contributed by atoms with Gasteiger partial charge >= 0.3 is 0 Å². The zero-order valence-electron chi connectivity index (χ0n) is 23.6. The van der Waals surface area contributed by atoms with E-state index in [9.17, 15) is 9.59 Å². The number of amidine groups is 1. The largest absolute Gasteiger partial charge is 0.489 e. The summed E-state index contributed by atoms with van der Waals surface area (Å²) in [7, 11) is 0. The van der Waals surface area contributed by atoms with Crippen LogP contribution in [-0.4, -0.2) is 80.8 Å².